The summed E-state index contributed by atoms with van der Waals surface area (Å²) in [6.45, 7) is 4.34. The van der Waals surface area contributed by atoms with E-state index in [9.17, 15) is 4.79 Å². The highest BCUT2D eigenvalue weighted by molar-refractivity contribution is 5.75. The van der Waals surface area contributed by atoms with Crippen LogP contribution in [0.2, 0.25) is 0 Å². The lowest BCUT2D eigenvalue weighted by Crippen LogP contribution is -2.37. The Hall–Kier alpha value is -1.51. The molecule has 2 unspecified atom stereocenters. The molecule has 19 heavy (non-hydrogen) atoms. The van der Waals surface area contributed by atoms with Crippen LogP contribution in [0.15, 0.2) is 18.2 Å². The fraction of sp³-hybridized carbons (Fsp3) is 0.562. The molecule has 2 aliphatic heterocycles. The van der Waals surface area contributed by atoms with Crippen LogP contribution in [0.1, 0.15) is 43.2 Å². The summed E-state index contributed by atoms with van der Waals surface area (Å²) in [5, 5.41) is 0. The summed E-state index contributed by atoms with van der Waals surface area (Å²) in [5.74, 6) is 0.945. The van der Waals surface area contributed by atoms with Crippen LogP contribution < -0.4 is 4.90 Å². The number of carbonyl (C=O) groups is 1. The standard InChI is InChI=1S/C16H20N2O/c1-11(19)17-8-9-18-15-7-3-5-13(15)14-6-2-4-12(10-17)16(14)18/h2,4,6,13,15H,3,5,7-10H2,1H3. The molecule has 0 saturated heterocycles. The molecule has 2 atom stereocenters. The average molecular weight is 256 g/mol. The van der Waals surface area contributed by atoms with Crippen molar-refractivity contribution < 1.29 is 4.79 Å². The van der Waals surface area contributed by atoms with Crippen molar-refractivity contribution in [2.24, 2.45) is 0 Å². The number of carbonyl (C=O) groups excluding carboxylic acids is 1. The minimum Gasteiger partial charge on any atom is -0.366 e. The van der Waals surface area contributed by atoms with Crippen LogP contribution in [0.3, 0.4) is 0 Å². The Morgan fingerprint density at radius 2 is 2.16 bits per heavy atom. The van der Waals surface area contributed by atoms with Crippen LogP contribution in [0.4, 0.5) is 5.69 Å². The molecule has 0 bridgehead atoms. The Kier molecular flexibility index (Phi) is 2.38. The normalized spacial score (nSPS) is 28.1. The topological polar surface area (TPSA) is 23.6 Å². The maximum absolute atomic E-state index is 11.7. The Labute approximate surface area is 114 Å². The largest absolute Gasteiger partial charge is 0.366 e. The third-order valence-electron chi connectivity index (χ3n) is 5.13. The molecular weight excluding hydrogens is 236 g/mol. The summed E-state index contributed by atoms with van der Waals surface area (Å²) in [4.78, 5) is 16.3. The monoisotopic (exact) mass is 256 g/mol. The molecule has 100 valence electrons. The number of benzene rings is 1. The fourth-order valence-electron chi connectivity index (χ4n) is 4.29. The first-order chi connectivity index (χ1) is 9.25. The van der Waals surface area contributed by atoms with E-state index in [1.54, 1.807) is 12.5 Å². The van der Waals surface area contributed by atoms with Crippen molar-refractivity contribution in [2.75, 3.05) is 18.0 Å². The van der Waals surface area contributed by atoms with E-state index in [0.29, 0.717) is 6.04 Å². The third-order valence-corrected chi connectivity index (χ3v) is 5.13. The number of para-hydroxylation sites is 1. The molecule has 3 heteroatoms. The molecule has 2 heterocycles. The number of hydrogen-bond acceptors (Lipinski definition) is 2. The third kappa shape index (κ3) is 1.54. The predicted molar refractivity (Wildman–Crippen MR) is 75.3 cm³/mol. The molecule has 1 fully saturated rings. The molecule has 1 aromatic rings. The molecule has 4 rings (SSSR count). The summed E-state index contributed by atoms with van der Waals surface area (Å²) in [6, 6.07) is 7.39. The van der Waals surface area contributed by atoms with Crippen molar-refractivity contribution in [3.63, 3.8) is 0 Å². The van der Waals surface area contributed by atoms with Gasteiger partial charge in [-0.25, -0.2) is 0 Å². The number of rotatable bonds is 0. The number of anilines is 1. The quantitative estimate of drug-likeness (QED) is 0.712. The highest BCUT2D eigenvalue weighted by atomic mass is 16.2. The Balaban J connectivity index is 1.82. The summed E-state index contributed by atoms with van der Waals surface area (Å²) < 4.78 is 0. The van der Waals surface area contributed by atoms with Gasteiger partial charge in [0.15, 0.2) is 0 Å². The number of fused-ring (bicyclic) bond motifs is 3. The fourth-order valence-corrected chi connectivity index (χ4v) is 4.29. The Morgan fingerprint density at radius 3 is 3.00 bits per heavy atom. The summed E-state index contributed by atoms with van der Waals surface area (Å²) in [6.07, 6.45) is 4.01. The molecule has 0 N–H and O–H groups in total. The van der Waals surface area contributed by atoms with Gasteiger partial charge in [0.1, 0.15) is 0 Å². The van der Waals surface area contributed by atoms with Crippen molar-refractivity contribution >= 4 is 11.6 Å². The van der Waals surface area contributed by atoms with E-state index < -0.39 is 0 Å². The average Bonchev–Trinajstić information content (AvgIpc) is 2.90. The molecule has 0 aromatic heterocycles. The highest BCUT2D eigenvalue weighted by Gasteiger charge is 2.43. The van der Waals surface area contributed by atoms with Gasteiger partial charge >= 0.3 is 0 Å². The van der Waals surface area contributed by atoms with Crippen LogP contribution >= 0.6 is 0 Å². The zero-order valence-electron chi connectivity index (χ0n) is 11.4. The second-order valence-corrected chi connectivity index (χ2v) is 6.09. The highest BCUT2D eigenvalue weighted by Crippen LogP contribution is 2.51. The molecule has 1 aliphatic carbocycles. The van der Waals surface area contributed by atoms with Gasteiger partial charge in [0.25, 0.3) is 0 Å². The lowest BCUT2D eigenvalue weighted by Gasteiger charge is -2.27. The smallest absolute Gasteiger partial charge is 0.219 e. The SMILES string of the molecule is CC(=O)N1CCN2c3c(cccc3C3CCCC32)C1. The van der Waals surface area contributed by atoms with Gasteiger partial charge in [0.05, 0.1) is 0 Å². The van der Waals surface area contributed by atoms with Crippen LogP contribution in [-0.4, -0.2) is 29.9 Å². The number of amides is 1. The van der Waals surface area contributed by atoms with Gasteiger partial charge in [-0.15, -0.1) is 0 Å². The zero-order valence-corrected chi connectivity index (χ0v) is 11.4. The second kappa shape index (κ2) is 3.99. The van der Waals surface area contributed by atoms with Crippen molar-refractivity contribution in [1.82, 2.24) is 4.90 Å². The van der Waals surface area contributed by atoms with Gasteiger partial charge < -0.3 is 9.80 Å². The molecule has 0 spiro atoms. The van der Waals surface area contributed by atoms with Gasteiger partial charge in [-0.2, -0.15) is 0 Å². The first kappa shape index (κ1) is 11.3. The summed E-state index contributed by atoms with van der Waals surface area (Å²) in [7, 11) is 0. The van der Waals surface area contributed by atoms with Crippen LogP contribution in [-0.2, 0) is 11.3 Å². The van der Waals surface area contributed by atoms with E-state index in [-0.39, 0.29) is 5.91 Å². The van der Waals surface area contributed by atoms with Crippen LogP contribution in [0.5, 0.6) is 0 Å². The summed E-state index contributed by atoms with van der Waals surface area (Å²) >= 11 is 0. The number of nitrogens with zero attached hydrogens (tertiary/aromatic N) is 2. The van der Waals surface area contributed by atoms with Gasteiger partial charge in [0, 0.05) is 44.2 Å². The molecule has 1 aromatic carbocycles. The van der Waals surface area contributed by atoms with Gasteiger partial charge in [-0.1, -0.05) is 24.6 Å². The van der Waals surface area contributed by atoms with E-state index in [1.165, 1.54) is 30.5 Å². The van der Waals surface area contributed by atoms with Gasteiger partial charge in [-0.05, 0) is 24.0 Å². The Morgan fingerprint density at radius 1 is 1.26 bits per heavy atom. The van der Waals surface area contributed by atoms with Crippen LogP contribution in [0.25, 0.3) is 0 Å². The predicted octanol–water partition coefficient (Wildman–Crippen LogP) is 2.50. The second-order valence-electron chi connectivity index (χ2n) is 6.09. The van der Waals surface area contributed by atoms with Gasteiger partial charge in [0.2, 0.25) is 5.91 Å². The van der Waals surface area contributed by atoms with E-state index in [2.05, 4.69) is 23.1 Å². The first-order valence-electron chi connectivity index (χ1n) is 7.39. The molecule has 3 aliphatic rings. The van der Waals surface area contributed by atoms with E-state index in [0.717, 1.165) is 25.6 Å². The van der Waals surface area contributed by atoms with Gasteiger partial charge in [-0.3, -0.25) is 4.79 Å². The number of hydrogen-bond donors (Lipinski definition) is 0. The first-order valence-corrected chi connectivity index (χ1v) is 7.39. The van der Waals surface area contributed by atoms with E-state index >= 15 is 0 Å². The van der Waals surface area contributed by atoms with Crippen molar-refractivity contribution in [3.05, 3.63) is 29.3 Å². The molecule has 0 radical (unpaired) electrons. The van der Waals surface area contributed by atoms with E-state index in [4.69, 9.17) is 0 Å². The lowest BCUT2D eigenvalue weighted by molar-refractivity contribution is -0.129. The maximum Gasteiger partial charge on any atom is 0.219 e. The van der Waals surface area contributed by atoms with Crippen molar-refractivity contribution in [3.8, 4) is 0 Å². The van der Waals surface area contributed by atoms with Crippen LogP contribution in [0, 0.1) is 0 Å². The lowest BCUT2D eigenvalue weighted by atomic mass is 9.96. The molecule has 3 nitrogen and oxygen atoms in total. The molecule has 1 amide bonds. The van der Waals surface area contributed by atoms with Crippen molar-refractivity contribution in [2.45, 2.75) is 44.7 Å². The van der Waals surface area contributed by atoms with E-state index in [1.807, 2.05) is 4.90 Å². The minimum atomic E-state index is 0.196. The van der Waals surface area contributed by atoms with Crippen molar-refractivity contribution in [1.29, 1.82) is 0 Å². The maximum atomic E-state index is 11.7. The zero-order chi connectivity index (χ0) is 13.0. The minimum absolute atomic E-state index is 0.196. The summed E-state index contributed by atoms with van der Waals surface area (Å²) in [5.41, 5.74) is 4.35. The molecular formula is C16H20N2O. The molecule has 1 saturated carbocycles. The Bertz CT molecular complexity index is 540.